The molecule has 45 heavy (non-hydrogen) atoms. The Morgan fingerprint density at radius 1 is 0.400 bits per heavy atom. The Morgan fingerprint density at radius 2 is 0.622 bits per heavy atom. The quantitative estimate of drug-likeness (QED) is 0.0497. The summed E-state index contributed by atoms with van der Waals surface area (Å²) in [7, 11) is 0. The third-order valence-corrected chi connectivity index (χ3v) is 9.87. The van der Waals surface area contributed by atoms with Crippen molar-refractivity contribution in [1.29, 1.82) is 0 Å². The first-order valence-corrected chi connectivity index (χ1v) is 20.6. The van der Waals surface area contributed by atoms with Gasteiger partial charge < -0.3 is 9.90 Å². The number of nitrogens with zero attached hydrogens (tertiary/aromatic N) is 1. The van der Waals surface area contributed by atoms with Crippen LogP contribution in [0, 0.1) is 0 Å². The van der Waals surface area contributed by atoms with Crippen LogP contribution in [0.4, 0.5) is 0 Å². The minimum atomic E-state index is -0.861. The number of hydrogen-bond donors (Lipinski definition) is 0. The monoisotopic (exact) mass is 644 g/mol. The Kier molecular flexibility index (Phi) is 42.9. The normalized spacial score (nSPS) is 12.1. The molecule has 4 heteroatoms. The Balaban J connectivity index is 0. The molecule has 1 unspecified atom stereocenters. The fourth-order valence-electron chi connectivity index (χ4n) is 6.87. The number of unbranched alkanes of at least 4 members (excludes halogenated alkanes) is 30. The molecule has 0 radical (unpaired) electrons. The first kappa shape index (κ1) is 47.5. The topological polar surface area (TPSA) is 43.4 Å². The number of hydrogen-bond acceptors (Lipinski definition) is 3. The molecule has 0 saturated carbocycles. The Bertz CT molecular complexity index is 522. The van der Waals surface area contributed by atoms with Crippen molar-refractivity contribution in [2.75, 3.05) is 13.1 Å². The van der Waals surface area contributed by atoms with Crippen molar-refractivity contribution < 1.29 is 39.5 Å². The molecule has 0 heterocycles. The molecule has 0 rings (SSSR count). The average Bonchev–Trinajstić information content (AvgIpc) is 3.02. The van der Waals surface area contributed by atoms with Gasteiger partial charge in [-0.25, -0.2) is 0 Å². The van der Waals surface area contributed by atoms with Crippen molar-refractivity contribution in [2.24, 2.45) is 0 Å². The van der Waals surface area contributed by atoms with Gasteiger partial charge in [-0.1, -0.05) is 220 Å². The Morgan fingerprint density at radius 3 is 0.822 bits per heavy atom. The molecule has 0 aromatic heterocycles. The SMILES string of the molecule is CCCCCCCCCCCCCCCCCCN(CCCCCCCCCCCCCCCCCC)C(CCC)C(=O)[O-].[Na+]. The Labute approximate surface area is 306 Å². The van der Waals surface area contributed by atoms with Gasteiger partial charge in [0, 0.05) is 6.04 Å². The van der Waals surface area contributed by atoms with E-state index in [0.717, 1.165) is 38.8 Å². The van der Waals surface area contributed by atoms with Crippen LogP contribution in [-0.4, -0.2) is 30.0 Å². The summed E-state index contributed by atoms with van der Waals surface area (Å²) in [5, 5.41) is 11.9. The van der Waals surface area contributed by atoms with E-state index in [0.29, 0.717) is 0 Å². The van der Waals surface area contributed by atoms with Crippen LogP contribution in [0.2, 0.25) is 0 Å². The first-order chi connectivity index (χ1) is 21.7. The molecule has 0 aliphatic carbocycles. The van der Waals surface area contributed by atoms with Crippen LogP contribution in [0.5, 0.6) is 0 Å². The maximum absolute atomic E-state index is 11.9. The van der Waals surface area contributed by atoms with Gasteiger partial charge in [0.15, 0.2) is 0 Å². The molecular formula is C41H82NNaO2. The largest absolute Gasteiger partial charge is 1.00 e. The van der Waals surface area contributed by atoms with Gasteiger partial charge in [0.05, 0.1) is 5.97 Å². The molecule has 0 saturated heterocycles. The zero-order chi connectivity index (χ0) is 32.2. The van der Waals surface area contributed by atoms with E-state index in [4.69, 9.17) is 0 Å². The van der Waals surface area contributed by atoms with Crippen LogP contribution in [-0.2, 0) is 4.79 Å². The predicted molar refractivity (Wildman–Crippen MR) is 194 cm³/mol. The van der Waals surface area contributed by atoms with E-state index in [1.165, 1.54) is 193 Å². The summed E-state index contributed by atoms with van der Waals surface area (Å²) < 4.78 is 0. The number of rotatable bonds is 38. The van der Waals surface area contributed by atoms with E-state index in [9.17, 15) is 9.90 Å². The van der Waals surface area contributed by atoms with Gasteiger partial charge >= 0.3 is 29.6 Å². The van der Waals surface area contributed by atoms with Crippen LogP contribution in [0.1, 0.15) is 239 Å². The predicted octanol–water partition coefficient (Wildman–Crippen LogP) is 9.73. The Hall–Kier alpha value is 0.430. The molecule has 0 fully saturated rings. The van der Waals surface area contributed by atoms with Crippen LogP contribution < -0.4 is 34.7 Å². The van der Waals surface area contributed by atoms with Crippen molar-refractivity contribution in [2.45, 2.75) is 245 Å². The molecule has 0 aliphatic heterocycles. The summed E-state index contributed by atoms with van der Waals surface area (Å²) in [4.78, 5) is 14.2. The van der Waals surface area contributed by atoms with Crippen LogP contribution in [0.3, 0.4) is 0 Å². The van der Waals surface area contributed by atoms with E-state index in [1.54, 1.807) is 0 Å². The van der Waals surface area contributed by atoms with E-state index < -0.39 is 12.0 Å². The third kappa shape index (κ3) is 35.6. The van der Waals surface area contributed by atoms with Crippen LogP contribution in [0.25, 0.3) is 0 Å². The average molecular weight is 644 g/mol. The number of carboxylic acid groups (broad SMARTS) is 1. The zero-order valence-electron chi connectivity index (χ0n) is 31.8. The van der Waals surface area contributed by atoms with Crippen molar-refractivity contribution in [1.82, 2.24) is 4.90 Å². The van der Waals surface area contributed by atoms with Crippen LogP contribution in [0.15, 0.2) is 0 Å². The summed E-state index contributed by atoms with van der Waals surface area (Å²) in [6.07, 6.45) is 45.6. The van der Waals surface area contributed by atoms with E-state index in [2.05, 4.69) is 25.7 Å². The summed E-state index contributed by atoms with van der Waals surface area (Å²) >= 11 is 0. The molecule has 0 aromatic rings. The molecule has 0 bridgehead atoms. The smallest absolute Gasteiger partial charge is 0.548 e. The standard InChI is InChI=1S/C41H83NO2.Na/c1-4-7-9-11-13-15-17-19-21-23-25-27-29-31-33-35-38-42(40(37-6-3)41(43)44)39-36-34-32-30-28-26-24-22-20-18-16-14-12-10-8-5-2;/h40H,4-39H2,1-3H3,(H,43,44);/q;+1/p-1. The summed E-state index contributed by atoms with van der Waals surface area (Å²) in [5.41, 5.74) is 0. The number of aliphatic carboxylic acids is 1. The van der Waals surface area contributed by atoms with Crippen LogP contribution >= 0.6 is 0 Å². The van der Waals surface area contributed by atoms with E-state index >= 15 is 0 Å². The number of carbonyl (C=O) groups is 1. The third-order valence-electron chi connectivity index (χ3n) is 9.87. The summed E-state index contributed by atoms with van der Waals surface area (Å²) in [6.45, 7) is 8.53. The van der Waals surface area contributed by atoms with Crippen molar-refractivity contribution in [3.05, 3.63) is 0 Å². The van der Waals surface area contributed by atoms with Gasteiger partial charge in [-0.2, -0.15) is 0 Å². The maximum atomic E-state index is 11.9. The van der Waals surface area contributed by atoms with Crippen molar-refractivity contribution in [3.63, 3.8) is 0 Å². The van der Waals surface area contributed by atoms with Crippen molar-refractivity contribution in [3.8, 4) is 0 Å². The van der Waals surface area contributed by atoms with Gasteiger partial charge in [-0.15, -0.1) is 0 Å². The van der Waals surface area contributed by atoms with Gasteiger partial charge in [0.2, 0.25) is 0 Å². The van der Waals surface area contributed by atoms with Gasteiger partial charge in [0.1, 0.15) is 0 Å². The minimum Gasteiger partial charge on any atom is -0.548 e. The van der Waals surface area contributed by atoms with E-state index in [-0.39, 0.29) is 29.6 Å². The number of carbonyl (C=O) groups excluding carboxylic acids is 1. The minimum absolute atomic E-state index is 0. The van der Waals surface area contributed by atoms with E-state index in [1.807, 2.05) is 0 Å². The number of carboxylic acids is 1. The molecule has 0 N–H and O–H groups in total. The maximum Gasteiger partial charge on any atom is 1.00 e. The van der Waals surface area contributed by atoms with Gasteiger partial charge in [-0.05, 0) is 32.4 Å². The molecule has 0 aromatic carbocycles. The molecule has 0 amide bonds. The second-order valence-electron chi connectivity index (χ2n) is 14.3. The fourth-order valence-corrected chi connectivity index (χ4v) is 6.87. The molecular weight excluding hydrogens is 561 g/mol. The first-order valence-electron chi connectivity index (χ1n) is 20.6. The second kappa shape index (κ2) is 40.6. The second-order valence-corrected chi connectivity index (χ2v) is 14.3. The van der Waals surface area contributed by atoms with Gasteiger partial charge in [0.25, 0.3) is 0 Å². The van der Waals surface area contributed by atoms with Crippen molar-refractivity contribution >= 4 is 5.97 Å². The summed E-state index contributed by atoms with van der Waals surface area (Å²) in [6, 6.07) is -0.396. The molecule has 0 spiro atoms. The van der Waals surface area contributed by atoms with Gasteiger partial charge in [-0.3, -0.25) is 4.90 Å². The fraction of sp³-hybridized carbons (Fsp3) is 0.976. The zero-order valence-corrected chi connectivity index (χ0v) is 33.8. The molecule has 3 nitrogen and oxygen atoms in total. The summed E-state index contributed by atoms with van der Waals surface area (Å²) in [5.74, 6) is -0.861. The molecule has 0 aliphatic rings. The molecule has 1 atom stereocenters. The molecule has 264 valence electrons.